The van der Waals surface area contributed by atoms with E-state index in [9.17, 15) is 13.2 Å². The van der Waals surface area contributed by atoms with E-state index in [1.54, 1.807) is 24.3 Å². The van der Waals surface area contributed by atoms with Gasteiger partial charge in [0.2, 0.25) is 10.0 Å². The summed E-state index contributed by atoms with van der Waals surface area (Å²) in [5.74, 6) is -0.135. The van der Waals surface area contributed by atoms with Gasteiger partial charge < -0.3 is 5.32 Å². The van der Waals surface area contributed by atoms with Crippen molar-refractivity contribution in [2.75, 3.05) is 18.4 Å². The van der Waals surface area contributed by atoms with Crippen LogP contribution >= 0.6 is 0 Å². The fourth-order valence-electron chi connectivity index (χ4n) is 3.64. The molecular formula is C22H32N4O3S. The molecule has 0 atom stereocenters. The predicted octanol–water partition coefficient (Wildman–Crippen LogP) is 4.19. The van der Waals surface area contributed by atoms with Gasteiger partial charge in [-0.15, -0.1) is 0 Å². The molecule has 0 bridgehead atoms. The van der Waals surface area contributed by atoms with Crippen molar-refractivity contribution in [2.45, 2.75) is 70.2 Å². The van der Waals surface area contributed by atoms with Crippen LogP contribution in [0, 0.1) is 0 Å². The third kappa shape index (κ3) is 4.75. The lowest BCUT2D eigenvalue weighted by atomic mass is 10.1. The lowest BCUT2D eigenvalue weighted by molar-refractivity contribution is 0.102. The number of nitrogens with zero attached hydrogens (tertiary/aromatic N) is 3. The normalized spacial score (nSPS) is 16.1. The summed E-state index contributed by atoms with van der Waals surface area (Å²) < 4.78 is 29.3. The molecule has 3 rings (SSSR count). The monoisotopic (exact) mass is 432 g/mol. The van der Waals surface area contributed by atoms with E-state index in [0.29, 0.717) is 24.5 Å². The minimum atomic E-state index is -3.56. The summed E-state index contributed by atoms with van der Waals surface area (Å²) in [5.41, 5.74) is 1.49. The van der Waals surface area contributed by atoms with Crippen LogP contribution in [0.2, 0.25) is 0 Å². The molecule has 0 spiro atoms. The van der Waals surface area contributed by atoms with Crippen LogP contribution in [0.3, 0.4) is 0 Å². The SMILES string of the molecule is CC(C)c1cc(C(=O)Nc2cccc(S(=O)(=O)N3CCCCC3)c2)nn1C(C)(C)C. The van der Waals surface area contributed by atoms with Crippen molar-refractivity contribution in [1.29, 1.82) is 0 Å². The molecule has 0 radical (unpaired) electrons. The Morgan fingerprint density at radius 3 is 2.33 bits per heavy atom. The Kier molecular flexibility index (Phi) is 6.38. The number of benzene rings is 1. The van der Waals surface area contributed by atoms with Crippen molar-refractivity contribution in [3.8, 4) is 0 Å². The second kappa shape index (κ2) is 8.51. The fourth-order valence-corrected chi connectivity index (χ4v) is 5.20. The Morgan fingerprint density at radius 1 is 1.10 bits per heavy atom. The highest BCUT2D eigenvalue weighted by Crippen LogP contribution is 2.25. The number of carbonyl (C=O) groups excluding carboxylic acids is 1. The number of rotatable bonds is 5. The van der Waals surface area contributed by atoms with Crippen LogP contribution in [0.1, 0.15) is 76.0 Å². The zero-order chi connectivity index (χ0) is 22.1. The molecule has 2 heterocycles. The summed E-state index contributed by atoms with van der Waals surface area (Å²) in [4.78, 5) is 13.0. The van der Waals surface area contributed by atoms with Gasteiger partial charge in [0.05, 0.1) is 10.4 Å². The summed E-state index contributed by atoms with van der Waals surface area (Å²) in [6.45, 7) is 11.3. The standard InChI is InChI=1S/C22H32N4O3S/c1-16(2)20-15-19(24-26(20)22(3,4)5)21(27)23-17-10-9-11-18(14-17)30(28,29)25-12-7-6-8-13-25/h9-11,14-16H,6-8,12-13H2,1-5H3,(H,23,27). The third-order valence-corrected chi connectivity index (χ3v) is 7.14. The summed E-state index contributed by atoms with van der Waals surface area (Å²) in [6, 6.07) is 8.24. The first-order valence-electron chi connectivity index (χ1n) is 10.5. The largest absolute Gasteiger partial charge is 0.321 e. The average molecular weight is 433 g/mol. The van der Waals surface area contributed by atoms with Crippen LogP contribution in [-0.2, 0) is 15.6 Å². The first kappa shape index (κ1) is 22.5. The molecule has 1 aromatic heterocycles. The van der Waals surface area contributed by atoms with Gasteiger partial charge >= 0.3 is 0 Å². The molecule has 1 fully saturated rings. The highest BCUT2D eigenvalue weighted by molar-refractivity contribution is 7.89. The van der Waals surface area contributed by atoms with E-state index in [1.165, 1.54) is 10.4 Å². The fraction of sp³-hybridized carbons (Fsp3) is 0.545. The minimum Gasteiger partial charge on any atom is -0.321 e. The quantitative estimate of drug-likeness (QED) is 0.768. The Labute approximate surface area is 179 Å². The predicted molar refractivity (Wildman–Crippen MR) is 118 cm³/mol. The average Bonchev–Trinajstić information content (AvgIpc) is 3.15. The maximum Gasteiger partial charge on any atom is 0.276 e. The number of nitrogens with one attached hydrogen (secondary N) is 1. The first-order valence-corrected chi connectivity index (χ1v) is 12.0. The Bertz CT molecular complexity index is 1010. The lowest BCUT2D eigenvalue weighted by Crippen LogP contribution is -2.35. The van der Waals surface area contributed by atoms with Gasteiger partial charge in [0.25, 0.3) is 5.91 Å². The van der Waals surface area contributed by atoms with Gasteiger partial charge in [-0.25, -0.2) is 8.42 Å². The van der Waals surface area contributed by atoms with Crippen LogP contribution in [0.5, 0.6) is 0 Å². The van der Waals surface area contributed by atoms with Gasteiger partial charge in [-0.3, -0.25) is 9.48 Å². The van der Waals surface area contributed by atoms with E-state index in [2.05, 4.69) is 24.3 Å². The van der Waals surface area contributed by atoms with Gasteiger partial charge in [0, 0.05) is 24.5 Å². The van der Waals surface area contributed by atoms with Crippen LogP contribution in [-0.4, -0.2) is 41.5 Å². The molecule has 1 N–H and O–H groups in total. The van der Waals surface area contributed by atoms with Crippen LogP contribution in [0.15, 0.2) is 35.2 Å². The Morgan fingerprint density at radius 2 is 1.77 bits per heavy atom. The van der Waals surface area contributed by atoms with Gasteiger partial charge in [0.1, 0.15) is 0 Å². The maximum atomic E-state index is 12.9. The van der Waals surface area contributed by atoms with Crippen LogP contribution in [0.4, 0.5) is 5.69 Å². The summed E-state index contributed by atoms with van der Waals surface area (Å²) in [7, 11) is -3.56. The highest BCUT2D eigenvalue weighted by Gasteiger charge is 2.27. The van der Waals surface area contributed by atoms with Crippen LogP contribution < -0.4 is 5.32 Å². The number of amides is 1. The Hall–Kier alpha value is -2.19. The number of hydrogen-bond donors (Lipinski definition) is 1. The van der Waals surface area contributed by atoms with E-state index in [-0.39, 0.29) is 22.3 Å². The molecule has 30 heavy (non-hydrogen) atoms. The molecule has 2 aromatic rings. The van der Waals surface area contributed by atoms with Gasteiger partial charge in [-0.2, -0.15) is 9.40 Å². The van der Waals surface area contributed by atoms with Gasteiger partial charge in [0.15, 0.2) is 5.69 Å². The number of hydrogen-bond acceptors (Lipinski definition) is 4. The molecule has 7 nitrogen and oxygen atoms in total. The molecular weight excluding hydrogens is 400 g/mol. The zero-order valence-corrected chi connectivity index (χ0v) is 19.3. The number of carbonyl (C=O) groups is 1. The first-order chi connectivity index (χ1) is 14.0. The number of anilines is 1. The topological polar surface area (TPSA) is 84.3 Å². The summed E-state index contributed by atoms with van der Waals surface area (Å²) in [6.07, 6.45) is 2.82. The molecule has 1 aliphatic heterocycles. The third-order valence-electron chi connectivity index (χ3n) is 5.24. The van der Waals surface area contributed by atoms with Crippen molar-refractivity contribution in [3.63, 3.8) is 0 Å². The van der Waals surface area contributed by atoms with Crippen molar-refractivity contribution >= 4 is 21.6 Å². The second-order valence-electron chi connectivity index (χ2n) is 9.14. The van der Waals surface area contributed by atoms with E-state index >= 15 is 0 Å². The maximum absolute atomic E-state index is 12.9. The van der Waals surface area contributed by atoms with Crippen molar-refractivity contribution < 1.29 is 13.2 Å². The van der Waals surface area contributed by atoms with Crippen LogP contribution in [0.25, 0.3) is 0 Å². The highest BCUT2D eigenvalue weighted by atomic mass is 32.2. The lowest BCUT2D eigenvalue weighted by Gasteiger charge is -2.26. The smallest absolute Gasteiger partial charge is 0.276 e. The summed E-state index contributed by atoms with van der Waals surface area (Å²) in [5, 5.41) is 7.33. The molecule has 0 unspecified atom stereocenters. The number of sulfonamides is 1. The van der Waals surface area contributed by atoms with Crippen molar-refractivity contribution in [3.05, 3.63) is 41.7 Å². The van der Waals surface area contributed by atoms with E-state index in [0.717, 1.165) is 25.0 Å². The minimum absolute atomic E-state index is 0.199. The van der Waals surface area contributed by atoms with Crippen molar-refractivity contribution in [1.82, 2.24) is 14.1 Å². The molecule has 1 aliphatic rings. The molecule has 164 valence electrons. The van der Waals surface area contributed by atoms with E-state index < -0.39 is 10.0 Å². The van der Waals surface area contributed by atoms with Crippen molar-refractivity contribution in [2.24, 2.45) is 0 Å². The molecule has 1 saturated heterocycles. The Balaban J connectivity index is 1.84. The number of aromatic nitrogens is 2. The van der Waals surface area contributed by atoms with Gasteiger partial charge in [-0.1, -0.05) is 26.3 Å². The second-order valence-corrected chi connectivity index (χ2v) is 11.1. The zero-order valence-electron chi connectivity index (χ0n) is 18.5. The molecule has 8 heteroatoms. The molecule has 0 saturated carbocycles. The molecule has 1 amide bonds. The van der Waals surface area contributed by atoms with Gasteiger partial charge in [-0.05, 0) is 63.8 Å². The van der Waals surface area contributed by atoms with E-state index in [1.807, 2.05) is 25.5 Å². The summed E-state index contributed by atoms with van der Waals surface area (Å²) >= 11 is 0. The van der Waals surface area contributed by atoms with E-state index in [4.69, 9.17) is 0 Å². The molecule has 0 aliphatic carbocycles. The molecule has 1 aromatic carbocycles. The number of piperidine rings is 1.